The highest BCUT2D eigenvalue weighted by molar-refractivity contribution is 5.80. The van der Waals surface area contributed by atoms with Gasteiger partial charge in [-0.2, -0.15) is 0 Å². The lowest BCUT2D eigenvalue weighted by atomic mass is 10.1. The fraction of sp³-hybridized carbons (Fsp3) is 0.364. The quantitative estimate of drug-likeness (QED) is 0.800. The summed E-state index contributed by atoms with van der Waals surface area (Å²) in [5.41, 5.74) is 8.61. The molecular weight excluding hydrogens is 338 g/mol. The third kappa shape index (κ3) is 5.58. The minimum absolute atomic E-state index is 0.107. The Morgan fingerprint density at radius 1 is 0.778 bits per heavy atom. The van der Waals surface area contributed by atoms with Crippen LogP contribution >= 0.6 is 0 Å². The smallest absolute Gasteiger partial charge is 0.227 e. The minimum atomic E-state index is 0.107. The Bertz CT molecular complexity index is 751. The SMILES string of the molecule is Nc1ccc(CC(=O)N2CCN(C(=O)CCCc3ccccc3)CC2)cc1. The Morgan fingerprint density at radius 3 is 2.00 bits per heavy atom. The monoisotopic (exact) mass is 365 g/mol. The summed E-state index contributed by atoms with van der Waals surface area (Å²) in [4.78, 5) is 28.6. The molecule has 1 aliphatic heterocycles. The zero-order valence-corrected chi connectivity index (χ0v) is 15.6. The fourth-order valence-electron chi connectivity index (χ4n) is 3.37. The van der Waals surface area contributed by atoms with Crippen molar-refractivity contribution in [3.8, 4) is 0 Å². The van der Waals surface area contributed by atoms with Crippen LogP contribution in [-0.4, -0.2) is 47.8 Å². The van der Waals surface area contributed by atoms with Gasteiger partial charge < -0.3 is 15.5 Å². The molecule has 27 heavy (non-hydrogen) atoms. The number of anilines is 1. The number of nitrogens with two attached hydrogens (primary N) is 1. The molecule has 1 heterocycles. The second-order valence-electron chi connectivity index (χ2n) is 7.02. The van der Waals surface area contributed by atoms with Crippen LogP contribution in [-0.2, 0) is 22.4 Å². The summed E-state index contributed by atoms with van der Waals surface area (Å²) in [5, 5.41) is 0. The normalized spacial score (nSPS) is 14.2. The predicted molar refractivity (Wildman–Crippen MR) is 107 cm³/mol. The maximum Gasteiger partial charge on any atom is 0.227 e. The molecule has 2 N–H and O–H groups in total. The van der Waals surface area contributed by atoms with E-state index in [1.54, 1.807) is 0 Å². The summed E-state index contributed by atoms with van der Waals surface area (Å²) in [6, 6.07) is 17.6. The van der Waals surface area contributed by atoms with Gasteiger partial charge in [-0.25, -0.2) is 0 Å². The second kappa shape index (κ2) is 9.21. The number of rotatable bonds is 6. The molecule has 0 spiro atoms. The summed E-state index contributed by atoms with van der Waals surface area (Å²) in [5.74, 6) is 0.299. The molecule has 0 aliphatic carbocycles. The van der Waals surface area contributed by atoms with Gasteiger partial charge in [-0.15, -0.1) is 0 Å². The Kier molecular flexibility index (Phi) is 6.47. The molecule has 2 aromatic rings. The Balaban J connectivity index is 1.39. The summed E-state index contributed by atoms with van der Waals surface area (Å²) in [6.07, 6.45) is 2.73. The van der Waals surface area contributed by atoms with Gasteiger partial charge in [-0.05, 0) is 36.1 Å². The number of amides is 2. The van der Waals surface area contributed by atoms with Gasteiger partial charge in [0.05, 0.1) is 6.42 Å². The van der Waals surface area contributed by atoms with Crippen LogP contribution in [0.4, 0.5) is 5.69 Å². The van der Waals surface area contributed by atoms with E-state index in [1.165, 1.54) is 5.56 Å². The average Bonchev–Trinajstić information content (AvgIpc) is 2.70. The summed E-state index contributed by atoms with van der Waals surface area (Å²) in [7, 11) is 0. The molecule has 0 saturated carbocycles. The first-order valence-corrected chi connectivity index (χ1v) is 9.56. The molecule has 5 heteroatoms. The van der Waals surface area contributed by atoms with Crippen LogP contribution in [0.3, 0.4) is 0 Å². The Hall–Kier alpha value is -2.82. The van der Waals surface area contributed by atoms with E-state index in [1.807, 2.05) is 52.3 Å². The van der Waals surface area contributed by atoms with Crippen LogP contribution in [0.25, 0.3) is 0 Å². The zero-order chi connectivity index (χ0) is 19.1. The number of carbonyl (C=O) groups excluding carboxylic acids is 2. The first-order chi connectivity index (χ1) is 13.1. The Labute approximate surface area is 160 Å². The van der Waals surface area contributed by atoms with Gasteiger partial charge in [0.25, 0.3) is 0 Å². The number of hydrogen-bond acceptors (Lipinski definition) is 3. The van der Waals surface area contributed by atoms with Crippen molar-refractivity contribution in [3.63, 3.8) is 0 Å². The van der Waals surface area contributed by atoms with E-state index in [4.69, 9.17) is 5.73 Å². The lowest BCUT2D eigenvalue weighted by molar-refractivity contribution is -0.139. The van der Waals surface area contributed by atoms with E-state index in [2.05, 4.69) is 12.1 Å². The highest BCUT2D eigenvalue weighted by Gasteiger charge is 2.23. The van der Waals surface area contributed by atoms with Crippen LogP contribution in [0.5, 0.6) is 0 Å². The van der Waals surface area contributed by atoms with Crippen LogP contribution < -0.4 is 5.73 Å². The molecule has 142 valence electrons. The first kappa shape index (κ1) is 19.0. The molecule has 1 fully saturated rings. The van der Waals surface area contributed by atoms with Gasteiger partial charge in [-0.1, -0.05) is 42.5 Å². The maximum atomic E-state index is 12.4. The number of hydrogen-bond donors (Lipinski definition) is 1. The van der Waals surface area contributed by atoms with Gasteiger partial charge >= 0.3 is 0 Å². The zero-order valence-electron chi connectivity index (χ0n) is 15.6. The first-order valence-electron chi connectivity index (χ1n) is 9.56. The van der Waals surface area contributed by atoms with Crippen LogP contribution in [0.1, 0.15) is 24.0 Å². The molecule has 1 aliphatic rings. The molecule has 0 aromatic heterocycles. The van der Waals surface area contributed by atoms with E-state index < -0.39 is 0 Å². The second-order valence-corrected chi connectivity index (χ2v) is 7.02. The van der Waals surface area contributed by atoms with E-state index in [9.17, 15) is 9.59 Å². The highest BCUT2D eigenvalue weighted by atomic mass is 16.2. The van der Waals surface area contributed by atoms with Crippen molar-refractivity contribution in [1.29, 1.82) is 0 Å². The Morgan fingerprint density at radius 2 is 1.37 bits per heavy atom. The van der Waals surface area contributed by atoms with Gasteiger partial charge in [-0.3, -0.25) is 9.59 Å². The third-order valence-electron chi connectivity index (χ3n) is 5.02. The summed E-state index contributed by atoms with van der Waals surface area (Å²) < 4.78 is 0. The molecule has 0 unspecified atom stereocenters. The van der Waals surface area contributed by atoms with Crippen LogP contribution in [0, 0.1) is 0 Å². The molecule has 2 aromatic carbocycles. The third-order valence-corrected chi connectivity index (χ3v) is 5.02. The van der Waals surface area contributed by atoms with E-state index in [0.29, 0.717) is 44.7 Å². The van der Waals surface area contributed by atoms with Crippen molar-refractivity contribution < 1.29 is 9.59 Å². The van der Waals surface area contributed by atoms with Gasteiger partial charge in [0, 0.05) is 38.3 Å². The molecule has 0 bridgehead atoms. The molecule has 1 saturated heterocycles. The number of nitrogen functional groups attached to an aromatic ring is 1. The average molecular weight is 365 g/mol. The van der Waals surface area contributed by atoms with Crippen LogP contribution in [0.15, 0.2) is 54.6 Å². The fourth-order valence-corrected chi connectivity index (χ4v) is 3.37. The number of nitrogens with zero attached hydrogens (tertiary/aromatic N) is 2. The lowest BCUT2D eigenvalue weighted by Gasteiger charge is -2.35. The highest BCUT2D eigenvalue weighted by Crippen LogP contribution is 2.11. The van der Waals surface area contributed by atoms with Crippen LogP contribution in [0.2, 0.25) is 0 Å². The molecule has 0 radical (unpaired) electrons. The van der Waals surface area contributed by atoms with Crippen molar-refractivity contribution in [2.45, 2.75) is 25.7 Å². The lowest BCUT2D eigenvalue weighted by Crippen LogP contribution is -2.51. The van der Waals surface area contributed by atoms with Gasteiger partial charge in [0.15, 0.2) is 0 Å². The number of carbonyl (C=O) groups is 2. The van der Waals surface area contributed by atoms with Gasteiger partial charge in [0.2, 0.25) is 11.8 Å². The molecule has 3 rings (SSSR count). The largest absolute Gasteiger partial charge is 0.399 e. The van der Waals surface area contributed by atoms with Crippen molar-refractivity contribution in [2.24, 2.45) is 0 Å². The minimum Gasteiger partial charge on any atom is -0.399 e. The van der Waals surface area contributed by atoms with E-state index in [-0.39, 0.29) is 11.8 Å². The maximum absolute atomic E-state index is 12.4. The number of benzene rings is 2. The standard InChI is InChI=1S/C22H27N3O2/c23-20-11-9-19(10-12-20)17-22(27)25-15-13-24(14-16-25)21(26)8-4-7-18-5-2-1-3-6-18/h1-3,5-6,9-12H,4,7-8,13-17,23H2. The number of aryl methyl sites for hydroxylation is 1. The molecule has 2 amide bonds. The van der Waals surface area contributed by atoms with E-state index >= 15 is 0 Å². The number of piperazine rings is 1. The molecule has 5 nitrogen and oxygen atoms in total. The van der Waals surface area contributed by atoms with Crippen molar-refractivity contribution in [2.75, 3.05) is 31.9 Å². The summed E-state index contributed by atoms with van der Waals surface area (Å²) >= 11 is 0. The van der Waals surface area contributed by atoms with Gasteiger partial charge in [0.1, 0.15) is 0 Å². The van der Waals surface area contributed by atoms with Crippen molar-refractivity contribution in [3.05, 3.63) is 65.7 Å². The molecular formula is C22H27N3O2. The topological polar surface area (TPSA) is 66.6 Å². The van der Waals surface area contributed by atoms with E-state index in [0.717, 1.165) is 18.4 Å². The van der Waals surface area contributed by atoms with Crippen molar-refractivity contribution >= 4 is 17.5 Å². The van der Waals surface area contributed by atoms with Crippen molar-refractivity contribution in [1.82, 2.24) is 9.80 Å². The predicted octanol–water partition coefficient (Wildman–Crippen LogP) is 2.50. The molecule has 0 atom stereocenters. The summed E-state index contributed by atoms with van der Waals surface area (Å²) in [6.45, 7) is 2.46.